The summed E-state index contributed by atoms with van der Waals surface area (Å²) in [6.07, 6.45) is 0.804. The maximum Gasteiger partial charge on any atom is 0.251 e. The molecular formula is C19H32IN5O2. The van der Waals surface area contributed by atoms with Gasteiger partial charge in [-0.2, -0.15) is 0 Å². The van der Waals surface area contributed by atoms with Crippen LogP contribution in [0.1, 0.15) is 23.7 Å². The molecule has 1 aliphatic rings. The number of carbonyl (C=O) groups excluding carboxylic acids is 1. The van der Waals surface area contributed by atoms with Gasteiger partial charge < -0.3 is 20.7 Å². The molecule has 0 unspecified atom stereocenters. The third-order valence-electron chi connectivity index (χ3n) is 4.09. The van der Waals surface area contributed by atoms with E-state index in [1.54, 1.807) is 0 Å². The Morgan fingerprint density at radius 1 is 1.11 bits per heavy atom. The van der Waals surface area contributed by atoms with E-state index in [9.17, 15) is 4.79 Å². The Kier molecular flexibility index (Phi) is 12.8. The molecule has 0 atom stereocenters. The van der Waals surface area contributed by atoms with Crippen LogP contribution < -0.4 is 16.0 Å². The van der Waals surface area contributed by atoms with E-state index in [0.717, 1.165) is 58.3 Å². The normalized spacial score (nSPS) is 14.9. The molecule has 0 radical (unpaired) electrons. The van der Waals surface area contributed by atoms with Gasteiger partial charge in [0.05, 0.1) is 13.2 Å². The van der Waals surface area contributed by atoms with Crippen molar-refractivity contribution in [2.75, 3.05) is 59.0 Å². The lowest BCUT2D eigenvalue weighted by atomic mass is 10.2. The number of benzene rings is 1. The molecule has 1 amide bonds. The molecule has 7 nitrogen and oxygen atoms in total. The standard InChI is InChI=1S/C19H31N5O2.HI/c1-2-20-19(23-11-12-24-13-15-26-16-14-24)22-10-6-9-21-18(25)17-7-4-3-5-8-17;/h3-5,7-8H,2,6,9-16H2,1H3,(H,21,25)(H2,20,22,23);1H. The molecular weight excluding hydrogens is 457 g/mol. The molecule has 0 spiro atoms. The first-order chi connectivity index (χ1) is 12.8. The Labute approximate surface area is 179 Å². The maximum atomic E-state index is 12.0. The van der Waals surface area contributed by atoms with Gasteiger partial charge in [0.2, 0.25) is 0 Å². The molecule has 2 rings (SSSR count). The van der Waals surface area contributed by atoms with Gasteiger partial charge in [-0.1, -0.05) is 18.2 Å². The van der Waals surface area contributed by atoms with E-state index in [4.69, 9.17) is 4.74 Å². The Morgan fingerprint density at radius 2 is 1.85 bits per heavy atom. The number of rotatable bonds is 9. The highest BCUT2D eigenvalue weighted by Crippen LogP contribution is 1.97. The largest absolute Gasteiger partial charge is 0.379 e. The first-order valence-electron chi connectivity index (χ1n) is 9.45. The Bertz CT molecular complexity index is 550. The first kappa shape index (κ1) is 23.6. The van der Waals surface area contributed by atoms with Crippen molar-refractivity contribution in [2.45, 2.75) is 13.3 Å². The number of nitrogens with zero attached hydrogens (tertiary/aromatic N) is 2. The fourth-order valence-corrected chi connectivity index (χ4v) is 2.66. The number of amides is 1. The fourth-order valence-electron chi connectivity index (χ4n) is 2.66. The van der Waals surface area contributed by atoms with Crippen LogP contribution >= 0.6 is 24.0 Å². The molecule has 1 aromatic rings. The van der Waals surface area contributed by atoms with Crippen molar-refractivity contribution in [3.05, 3.63) is 35.9 Å². The molecule has 1 saturated heterocycles. The molecule has 3 N–H and O–H groups in total. The van der Waals surface area contributed by atoms with Crippen molar-refractivity contribution >= 4 is 35.8 Å². The van der Waals surface area contributed by atoms with Crippen LogP contribution in [0.5, 0.6) is 0 Å². The number of ether oxygens (including phenoxy) is 1. The highest BCUT2D eigenvalue weighted by Gasteiger charge is 2.09. The van der Waals surface area contributed by atoms with Crippen LogP contribution in [0.15, 0.2) is 35.3 Å². The summed E-state index contributed by atoms with van der Waals surface area (Å²) in [7, 11) is 0. The molecule has 1 fully saturated rings. The van der Waals surface area contributed by atoms with Crippen molar-refractivity contribution in [2.24, 2.45) is 4.99 Å². The minimum atomic E-state index is -0.0369. The number of carbonyl (C=O) groups is 1. The van der Waals surface area contributed by atoms with Crippen LogP contribution in [0, 0.1) is 0 Å². The maximum absolute atomic E-state index is 12.0. The second-order valence-electron chi connectivity index (χ2n) is 6.12. The van der Waals surface area contributed by atoms with Gasteiger partial charge in [0, 0.05) is 51.4 Å². The van der Waals surface area contributed by atoms with Gasteiger partial charge in [0.25, 0.3) is 5.91 Å². The van der Waals surface area contributed by atoms with Gasteiger partial charge >= 0.3 is 0 Å². The predicted octanol–water partition coefficient (Wildman–Crippen LogP) is 1.31. The van der Waals surface area contributed by atoms with Gasteiger partial charge in [-0.25, -0.2) is 0 Å². The van der Waals surface area contributed by atoms with Gasteiger partial charge in [0.1, 0.15) is 0 Å². The predicted molar refractivity (Wildman–Crippen MR) is 120 cm³/mol. The van der Waals surface area contributed by atoms with Gasteiger partial charge in [-0.15, -0.1) is 24.0 Å². The summed E-state index contributed by atoms with van der Waals surface area (Å²) >= 11 is 0. The highest BCUT2D eigenvalue weighted by atomic mass is 127. The van der Waals surface area contributed by atoms with E-state index in [1.165, 1.54) is 0 Å². The van der Waals surface area contributed by atoms with Crippen molar-refractivity contribution < 1.29 is 9.53 Å². The SMILES string of the molecule is CCNC(=NCCCNC(=O)c1ccccc1)NCCN1CCOCC1.I. The average Bonchev–Trinajstić information content (AvgIpc) is 2.69. The smallest absolute Gasteiger partial charge is 0.251 e. The van der Waals surface area contributed by atoms with E-state index in [0.29, 0.717) is 18.7 Å². The zero-order valence-corrected chi connectivity index (χ0v) is 18.4. The number of halogens is 1. The van der Waals surface area contributed by atoms with E-state index in [-0.39, 0.29) is 29.9 Å². The zero-order valence-electron chi connectivity index (χ0n) is 16.1. The lowest BCUT2D eigenvalue weighted by Crippen LogP contribution is -2.44. The van der Waals surface area contributed by atoms with Crippen LogP contribution in [-0.4, -0.2) is 75.8 Å². The average molecular weight is 489 g/mol. The molecule has 0 saturated carbocycles. The molecule has 0 aliphatic carbocycles. The molecule has 0 aromatic heterocycles. The number of hydrogen-bond acceptors (Lipinski definition) is 4. The first-order valence-corrected chi connectivity index (χ1v) is 9.45. The third-order valence-corrected chi connectivity index (χ3v) is 4.09. The van der Waals surface area contributed by atoms with Crippen molar-refractivity contribution in [1.82, 2.24) is 20.9 Å². The van der Waals surface area contributed by atoms with Gasteiger partial charge in [-0.3, -0.25) is 14.7 Å². The molecule has 1 aromatic carbocycles. The minimum absolute atomic E-state index is 0. The summed E-state index contributed by atoms with van der Waals surface area (Å²) in [5, 5.41) is 9.54. The molecule has 1 heterocycles. The number of hydrogen-bond donors (Lipinski definition) is 3. The topological polar surface area (TPSA) is 78.0 Å². The number of aliphatic imine (C=N–C) groups is 1. The number of nitrogens with one attached hydrogen (secondary N) is 3. The summed E-state index contributed by atoms with van der Waals surface area (Å²) in [4.78, 5) is 18.9. The van der Waals surface area contributed by atoms with Crippen LogP contribution in [0.25, 0.3) is 0 Å². The number of guanidine groups is 1. The Morgan fingerprint density at radius 3 is 2.56 bits per heavy atom. The van der Waals surface area contributed by atoms with E-state index in [1.807, 2.05) is 30.3 Å². The Balaban J connectivity index is 0.00000364. The van der Waals surface area contributed by atoms with Gasteiger partial charge in [0.15, 0.2) is 5.96 Å². The van der Waals surface area contributed by atoms with E-state index >= 15 is 0 Å². The summed E-state index contributed by atoms with van der Waals surface area (Å²) in [5.74, 6) is 0.792. The Hall–Kier alpha value is -1.39. The highest BCUT2D eigenvalue weighted by molar-refractivity contribution is 14.0. The summed E-state index contributed by atoms with van der Waals surface area (Å²) in [6, 6.07) is 9.26. The van der Waals surface area contributed by atoms with Crippen LogP contribution in [0.2, 0.25) is 0 Å². The zero-order chi connectivity index (χ0) is 18.5. The summed E-state index contributed by atoms with van der Waals surface area (Å²) in [5.41, 5.74) is 0.689. The molecule has 0 bridgehead atoms. The third kappa shape index (κ3) is 9.92. The van der Waals surface area contributed by atoms with Gasteiger partial charge in [-0.05, 0) is 25.5 Å². The quantitative estimate of drug-likeness (QED) is 0.211. The van der Waals surface area contributed by atoms with Crippen LogP contribution in [-0.2, 0) is 4.74 Å². The second-order valence-corrected chi connectivity index (χ2v) is 6.12. The fraction of sp³-hybridized carbons (Fsp3) is 0.579. The van der Waals surface area contributed by atoms with Crippen LogP contribution in [0.4, 0.5) is 0 Å². The number of morpholine rings is 1. The second kappa shape index (κ2) is 14.6. The van der Waals surface area contributed by atoms with Crippen molar-refractivity contribution in [3.63, 3.8) is 0 Å². The van der Waals surface area contributed by atoms with E-state index in [2.05, 4.69) is 32.8 Å². The summed E-state index contributed by atoms with van der Waals surface area (Å²) < 4.78 is 5.36. The minimum Gasteiger partial charge on any atom is -0.379 e. The molecule has 152 valence electrons. The summed E-state index contributed by atoms with van der Waals surface area (Å²) in [6.45, 7) is 9.65. The van der Waals surface area contributed by atoms with Crippen LogP contribution in [0.3, 0.4) is 0 Å². The monoisotopic (exact) mass is 489 g/mol. The molecule has 1 aliphatic heterocycles. The lowest BCUT2D eigenvalue weighted by Gasteiger charge is -2.26. The van der Waals surface area contributed by atoms with Crippen molar-refractivity contribution in [1.29, 1.82) is 0 Å². The van der Waals surface area contributed by atoms with Crippen molar-refractivity contribution in [3.8, 4) is 0 Å². The molecule has 8 heteroatoms. The van der Waals surface area contributed by atoms with E-state index < -0.39 is 0 Å². The lowest BCUT2D eigenvalue weighted by molar-refractivity contribution is 0.0389. The molecule has 27 heavy (non-hydrogen) atoms.